The standard InChI is InChI=1S/C19H21ClF2N6O/c1-28(2)7-3-6-23-19-25-16-9-11(21)8-13(17(16)26-19)18(27-29)24-12-4-5-15(22)14(20)10-12/h4-5,8-10,29H,3,6-7H2,1-2H3,(H,24,27)(H2,23,25,26). The van der Waals surface area contributed by atoms with Crippen molar-refractivity contribution >= 4 is 40.1 Å². The third-order valence-electron chi connectivity index (χ3n) is 4.14. The summed E-state index contributed by atoms with van der Waals surface area (Å²) < 4.78 is 27.5. The maximum Gasteiger partial charge on any atom is 0.201 e. The summed E-state index contributed by atoms with van der Waals surface area (Å²) in [5.41, 5.74) is 3.36. The van der Waals surface area contributed by atoms with E-state index in [1.807, 2.05) is 19.6 Å². The van der Waals surface area contributed by atoms with Crippen molar-refractivity contribution in [1.29, 1.82) is 0 Å². The third kappa shape index (κ3) is 5.20. The second-order valence-corrected chi connectivity index (χ2v) is 7.09. The van der Waals surface area contributed by atoms with Crippen molar-refractivity contribution in [3.8, 4) is 0 Å². The van der Waals surface area contributed by atoms with Gasteiger partial charge in [-0.3, -0.25) is 10.7 Å². The quantitative estimate of drug-likeness (QED) is 0.201. The van der Waals surface area contributed by atoms with E-state index in [2.05, 4.69) is 25.2 Å². The number of aromatic amines is 1. The lowest BCUT2D eigenvalue weighted by Crippen LogP contribution is -2.20. The predicted octanol–water partition coefficient (Wildman–Crippen LogP) is 3.92. The van der Waals surface area contributed by atoms with Crippen LogP contribution in [0.25, 0.3) is 11.0 Å². The Bertz CT molecular complexity index is 1040. The molecule has 0 aliphatic heterocycles. The Kier molecular flexibility index (Phi) is 6.63. The summed E-state index contributed by atoms with van der Waals surface area (Å²) in [4.78, 5) is 13.7. The maximum absolute atomic E-state index is 14.1. The van der Waals surface area contributed by atoms with Gasteiger partial charge in [-0.05, 0) is 51.3 Å². The van der Waals surface area contributed by atoms with Crippen LogP contribution in [0.4, 0.5) is 20.4 Å². The van der Waals surface area contributed by atoms with Gasteiger partial charge in [-0.1, -0.05) is 11.6 Å². The van der Waals surface area contributed by atoms with Gasteiger partial charge in [0.25, 0.3) is 0 Å². The number of fused-ring (bicyclic) bond motifs is 1. The molecule has 0 fully saturated rings. The highest BCUT2D eigenvalue weighted by molar-refractivity contribution is 6.31. The van der Waals surface area contributed by atoms with E-state index in [1.165, 1.54) is 24.3 Å². The molecule has 29 heavy (non-hydrogen) atoms. The lowest BCUT2D eigenvalue weighted by molar-refractivity contribution is 0.235. The van der Waals surface area contributed by atoms with E-state index < -0.39 is 11.6 Å². The van der Waals surface area contributed by atoms with Gasteiger partial charge in [0.2, 0.25) is 5.95 Å². The molecule has 0 saturated carbocycles. The highest BCUT2D eigenvalue weighted by atomic mass is 35.5. The molecule has 3 rings (SSSR count). The predicted molar refractivity (Wildman–Crippen MR) is 110 cm³/mol. The molecule has 0 radical (unpaired) electrons. The molecule has 1 heterocycles. The molecule has 0 aliphatic carbocycles. The fourth-order valence-corrected chi connectivity index (χ4v) is 2.96. The van der Waals surface area contributed by atoms with E-state index in [0.29, 0.717) is 23.5 Å². The second-order valence-electron chi connectivity index (χ2n) is 6.69. The van der Waals surface area contributed by atoms with Gasteiger partial charge in [0.05, 0.1) is 21.7 Å². The average molecular weight is 423 g/mol. The molecule has 10 heteroatoms. The Hall–Kier alpha value is -2.75. The Balaban J connectivity index is 1.93. The highest BCUT2D eigenvalue weighted by Gasteiger charge is 2.15. The van der Waals surface area contributed by atoms with E-state index in [0.717, 1.165) is 19.0 Å². The molecule has 0 spiro atoms. The number of rotatable bonds is 7. The molecule has 0 bridgehead atoms. The molecule has 4 N–H and O–H groups in total. The minimum atomic E-state index is -0.587. The fraction of sp³-hybridized carbons (Fsp3) is 0.263. The molecule has 1 aromatic heterocycles. The number of anilines is 1. The SMILES string of the molecule is CN(C)CCCNc1nc2cc(F)cc(C(=Nc3ccc(F)c(Cl)c3)NO)c2[nH]1. The van der Waals surface area contributed by atoms with Crippen LogP contribution >= 0.6 is 11.6 Å². The molecule has 2 aromatic carbocycles. The summed E-state index contributed by atoms with van der Waals surface area (Å²) >= 11 is 5.78. The van der Waals surface area contributed by atoms with Crippen molar-refractivity contribution in [1.82, 2.24) is 20.3 Å². The van der Waals surface area contributed by atoms with Gasteiger partial charge in [-0.2, -0.15) is 0 Å². The van der Waals surface area contributed by atoms with Crippen molar-refractivity contribution in [2.75, 3.05) is 32.5 Å². The van der Waals surface area contributed by atoms with Gasteiger partial charge in [-0.15, -0.1) is 0 Å². The number of H-pyrrole nitrogens is 1. The Labute approximate surface area is 171 Å². The van der Waals surface area contributed by atoms with Crippen molar-refractivity contribution < 1.29 is 14.0 Å². The smallest absolute Gasteiger partial charge is 0.201 e. The summed E-state index contributed by atoms with van der Waals surface area (Å²) in [5, 5.41) is 12.6. The van der Waals surface area contributed by atoms with Gasteiger partial charge in [0, 0.05) is 18.2 Å². The van der Waals surface area contributed by atoms with Crippen molar-refractivity contribution in [3.63, 3.8) is 0 Å². The number of imidazole rings is 1. The molecule has 3 aromatic rings. The zero-order chi connectivity index (χ0) is 21.0. The average Bonchev–Trinajstić information content (AvgIpc) is 3.08. The minimum absolute atomic E-state index is 0.0417. The first kappa shape index (κ1) is 21.0. The summed E-state index contributed by atoms with van der Waals surface area (Å²) in [7, 11) is 3.99. The number of halogens is 3. The van der Waals surface area contributed by atoms with Gasteiger partial charge in [0.1, 0.15) is 11.6 Å². The van der Waals surface area contributed by atoms with Crippen molar-refractivity contribution in [3.05, 3.63) is 52.6 Å². The van der Waals surface area contributed by atoms with E-state index >= 15 is 0 Å². The van der Waals surface area contributed by atoms with Crippen LogP contribution in [0.5, 0.6) is 0 Å². The first-order valence-electron chi connectivity index (χ1n) is 8.89. The largest absolute Gasteiger partial charge is 0.356 e. The van der Waals surface area contributed by atoms with E-state index in [1.54, 1.807) is 0 Å². The van der Waals surface area contributed by atoms with Crippen LogP contribution in [0.1, 0.15) is 12.0 Å². The zero-order valence-corrected chi connectivity index (χ0v) is 16.7. The number of aliphatic imine (C=N–C) groups is 1. The van der Waals surface area contributed by atoms with Crippen LogP contribution < -0.4 is 10.8 Å². The number of hydrogen-bond donors (Lipinski definition) is 4. The number of nitrogens with zero attached hydrogens (tertiary/aromatic N) is 3. The number of amidine groups is 1. The van der Waals surface area contributed by atoms with Crippen LogP contribution in [0, 0.1) is 11.6 Å². The summed E-state index contributed by atoms with van der Waals surface area (Å²) in [5.74, 6) is -0.693. The first-order chi connectivity index (χ1) is 13.9. The van der Waals surface area contributed by atoms with Crippen LogP contribution in [0.3, 0.4) is 0 Å². The summed E-state index contributed by atoms with van der Waals surface area (Å²) in [6.07, 6.45) is 0.904. The van der Waals surface area contributed by atoms with Crippen LogP contribution in [0.15, 0.2) is 35.3 Å². The van der Waals surface area contributed by atoms with Gasteiger partial charge < -0.3 is 15.2 Å². The molecule has 154 valence electrons. The van der Waals surface area contributed by atoms with Crippen LogP contribution in [-0.4, -0.2) is 53.1 Å². The summed E-state index contributed by atoms with van der Waals surface area (Å²) in [6, 6.07) is 6.34. The van der Waals surface area contributed by atoms with Gasteiger partial charge in [0.15, 0.2) is 5.84 Å². The number of benzene rings is 2. The maximum atomic E-state index is 14.1. The van der Waals surface area contributed by atoms with Crippen molar-refractivity contribution in [2.24, 2.45) is 4.99 Å². The van der Waals surface area contributed by atoms with Gasteiger partial charge >= 0.3 is 0 Å². The fourth-order valence-electron chi connectivity index (χ4n) is 2.78. The molecule has 7 nitrogen and oxygen atoms in total. The summed E-state index contributed by atoms with van der Waals surface area (Å²) in [6.45, 7) is 1.60. The normalized spacial score (nSPS) is 12.0. The first-order valence-corrected chi connectivity index (χ1v) is 9.27. The zero-order valence-electron chi connectivity index (χ0n) is 15.9. The lowest BCUT2D eigenvalue weighted by atomic mass is 10.1. The Morgan fingerprint density at radius 1 is 1.28 bits per heavy atom. The van der Waals surface area contributed by atoms with E-state index in [4.69, 9.17) is 11.6 Å². The Morgan fingerprint density at radius 3 is 2.76 bits per heavy atom. The molecular formula is C19H21ClF2N6O. The highest BCUT2D eigenvalue weighted by Crippen LogP contribution is 2.25. The molecule has 0 amide bonds. The number of hydroxylamine groups is 1. The molecule has 0 atom stereocenters. The number of hydrogen-bond acceptors (Lipinski definition) is 5. The molecule has 0 saturated heterocycles. The monoisotopic (exact) mass is 422 g/mol. The third-order valence-corrected chi connectivity index (χ3v) is 4.43. The number of aromatic nitrogens is 2. The lowest BCUT2D eigenvalue weighted by Gasteiger charge is -2.09. The van der Waals surface area contributed by atoms with E-state index in [9.17, 15) is 14.0 Å². The molecular weight excluding hydrogens is 402 g/mol. The van der Waals surface area contributed by atoms with Crippen molar-refractivity contribution in [2.45, 2.75) is 6.42 Å². The topological polar surface area (TPSA) is 88.6 Å². The second kappa shape index (κ2) is 9.17. The van der Waals surface area contributed by atoms with Gasteiger partial charge in [-0.25, -0.2) is 18.8 Å². The van der Waals surface area contributed by atoms with E-state index in [-0.39, 0.29) is 22.1 Å². The number of nitrogens with one attached hydrogen (secondary N) is 3. The molecule has 0 unspecified atom stereocenters. The Morgan fingerprint density at radius 2 is 2.07 bits per heavy atom. The van der Waals surface area contributed by atoms with Crippen LogP contribution in [0.2, 0.25) is 5.02 Å². The van der Waals surface area contributed by atoms with Crippen LogP contribution in [-0.2, 0) is 0 Å². The molecule has 0 aliphatic rings. The minimum Gasteiger partial charge on any atom is -0.356 e.